The van der Waals surface area contributed by atoms with Gasteiger partial charge < -0.3 is 29.9 Å². The number of rotatable bonds is 11. The lowest BCUT2D eigenvalue weighted by Crippen LogP contribution is -2.56. The van der Waals surface area contributed by atoms with E-state index in [-0.39, 0.29) is 5.82 Å². The number of alkyl carbamates (subject to hydrolysis) is 1. The fourth-order valence-electron chi connectivity index (χ4n) is 6.00. The van der Waals surface area contributed by atoms with Gasteiger partial charge in [0.1, 0.15) is 22.8 Å². The summed E-state index contributed by atoms with van der Waals surface area (Å²) in [5, 5.41) is 17.4. The fraction of sp³-hybridized carbons (Fsp3) is 0.316. The number of nitrogens with one attached hydrogen (secondary N) is 4. The molecule has 10 nitrogen and oxygen atoms in total. The molecule has 49 heavy (non-hydrogen) atoms. The molecule has 3 aromatic carbocycles. The number of carbonyl (C=O) groups excluding carboxylic acids is 2. The molecule has 6 aromatic rings. The van der Waals surface area contributed by atoms with Gasteiger partial charge in [0, 0.05) is 47.0 Å². The molecule has 0 bridgehead atoms. The van der Waals surface area contributed by atoms with E-state index in [0.29, 0.717) is 31.6 Å². The number of para-hydroxylation sites is 2. The molecular weight excluding hydrogens is 621 g/mol. The number of H-pyrrole nitrogens is 2. The maximum absolute atomic E-state index is 14.0. The van der Waals surface area contributed by atoms with Crippen LogP contribution in [0.1, 0.15) is 69.0 Å². The lowest BCUT2D eigenvalue weighted by Gasteiger charge is -2.29. The van der Waals surface area contributed by atoms with Crippen LogP contribution in [-0.2, 0) is 35.3 Å². The second kappa shape index (κ2) is 13.6. The van der Waals surface area contributed by atoms with Gasteiger partial charge in [-0.25, -0.2) is 9.18 Å². The van der Waals surface area contributed by atoms with Crippen LogP contribution in [0.4, 0.5) is 9.18 Å². The summed E-state index contributed by atoms with van der Waals surface area (Å²) in [6.45, 7) is 8.92. The lowest BCUT2D eigenvalue weighted by molar-refractivity contribution is -0.127. The second-order valence-corrected chi connectivity index (χ2v) is 13.9. The number of hydrogen-bond acceptors (Lipinski definition) is 5. The van der Waals surface area contributed by atoms with Crippen molar-refractivity contribution >= 4 is 33.8 Å². The standard InChI is InChI=1S/C38H42FN7O3/c1-37(2,3)49-36(48)43-38(4,5)35(47)42-32(20-26-22-41-31-13-9-7-11-29(26)31)34-45-44-33(46(34)23-24-14-17-27(39)18-15-24)19-16-25-21-40-30-12-8-6-10-28(25)30/h6-15,17-18,21-22,32,40-41H,16,19-20,23H2,1-5H3,(H,42,47)(H,43,48)/t32-/m1/s1. The van der Waals surface area contributed by atoms with Crippen LogP contribution >= 0.6 is 0 Å². The van der Waals surface area contributed by atoms with Crippen molar-refractivity contribution in [3.63, 3.8) is 0 Å². The van der Waals surface area contributed by atoms with Gasteiger partial charge in [-0.05, 0) is 82.0 Å². The van der Waals surface area contributed by atoms with E-state index in [1.807, 2.05) is 59.4 Å². The van der Waals surface area contributed by atoms with Crippen molar-refractivity contribution in [1.29, 1.82) is 0 Å². The zero-order chi connectivity index (χ0) is 34.8. The Morgan fingerprint density at radius 1 is 0.837 bits per heavy atom. The number of benzene rings is 3. The van der Waals surface area contributed by atoms with E-state index >= 15 is 0 Å². The highest BCUT2D eigenvalue weighted by atomic mass is 19.1. The SMILES string of the molecule is CC(C)(C)OC(=O)NC(C)(C)C(=O)N[C@H](Cc1c[nH]c2ccccc12)c1nnc(CCc2c[nH]c3ccccc23)n1Cc1ccc(F)cc1. The van der Waals surface area contributed by atoms with E-state index in [1.54, 1.807) is 46.8 Å². The minimum atomic E-state index is -1.32. The van der Waals surface area contributed by atoms with E-state index in [1.165, 1.54) is 12.1 Å². The van der Waals surface area contributed by atoms with Crippen molar-refractivity contribution in [2.75, 3.05) is 0 Å². The largest absolute Gasteiger partial charge is 0.444 e. The Morgan fingerprint density at radius 2 is 1.45 bits per heavy atom. The van der Waals surface area contributed by atoms with Gasteiger partial charge in [0.05, 0.1) is 12.6 Å². The first-order valence-electron chi connectivity index (χ1n) is 16.4. The van der Waals surface area contributed by atoms with E-state index in [9.17, 15) is 14.0 Å². The van der Waals surface area contributed by atoms with Crippen molar-refractivity contribution in [3.05, 3.63) is 119 Å². The van der Waals surface area contributed by atoms with Crippen LogP contribution in [0, 0.1) is 5.82 Å². The highest BCUT2D eigenvalue weighted by molar-refractivity contribution is 5.89. The van der Waals surface area contributed by atoms with Gasteiger partial charge in [0.25, 0.3) is 0 Å². The zero-order valence-corrected chi connectivity index (χ0v) is 28.4. The van der Waals surface area contributed by atoms with Crippen LogP contribution in [0.15, 0.2) is 85.2 Å². The number of aryl methyl sites for hydroxylation is 2. The Kier molecular flexibility index (Phi) is 9.27. The lowest BCUT2D eigenvalue weighted by atomic mass is 10.0. The number of hydrogen-bond donors (Lipinski definition) is 4. The van der Waals surface area contributed by atoms with Gasteiger partial charge in [-0.15, -0.1) is 10.2 Å². The highest BCUT2D eigenvalue weighted by Gasteiger charge is 2.35. The minimum Gasteiger partial charge on any atom is -0.444 e. The van der Waals surface area contributed by atoms with Crippen molar-refractivity contribution in [3.8, 4) is 0 Å². The van der Waals surface area contributed by atoms with Crippen LogP contribution in [-0.4, -0.2) is 47.9 Å². The highest BCUT2D eigenvalue weighted by Crippen LogP contribution is 2.27. The minimum absolute atomic E-state index is 0.323. The summed E-state index contributed by atoms with van der Waals surface area (Å²) in [5.74, 6) is 0.537. The Hall–Kier alpha value is -5.45. The molecule has 11 heteroatoms. The molecule has 0 saturated heterocycles. The number of halogens is 1. The van der Waals surface area contributed by atoms with Crippen molar-refractivity contribution in [2.24, 2.45) is 0 Å². The molecule has 0 unspecified atom stereocenters. The second-order valence-electron chi connectivity index (χ2n) is 13.9. The van der Waals surface area contributed by atoms with Crippen molar-refractivity contribution < 1.29 is 18.7 Å². The fourth-order valence-corrected chi connectivity index (χ4v) is 6.00. The first kappa shape index (κ1) is 33.5. The van der Waals surface area contributed by atoms with E-state index in [4.69, 9.17) is 9.84 Å². The Labute approximate surface area is 284 Å². The number of aromatic amines is 2. The Balaban J connectivity index is 1.36. The smallest absolute Gasteiger partial charge is 0.408 e. The van der Waals surface area contributed by atoms with Gasteiger partial charge >= 0.3 is 6.09 Å². The van der Waals surface area contributed by atoms with Gasteiger partial charge in [-0.3, -0.25) is 4.79 Å². The molecule has 3 aromatic heterocycles. The Bertz CT molecular complexity index is 2090. The molecule has 4 N–H and O–H groups in total. The Morgan fingerprint density at radius 3 is 2.10 bits per heavy atom. The molecule has 3 heterocycles. The zero-order valence-electron chi connectivity index (χ0n) is 28.4. The molecule has 254 valence electrons. The average molecular weight is 664 g/mol. The van der Waals surface area contributed by atoms with Gasteiger partial charge in [0.2, 0.25) is 5.91 Å². The molecule has 0 aliphatic rings. The summed E-state index contributed by atoms with van der Waals surface area (Å²) >= 11 is 0. The first-order valence-corrected chi connectivity index (χ1v) is 16.4. The van der Waals surface area contributed by atoms with Crippen LogP contribution in [0.5, 0.6) is 0 Å². The summed E-state index contributed by atoms with van der Waals surface area (Å²) in [5.41, 5.74) is 2.99. The topological polar surface area (TPSA) is 130 Å². The van der Waals surface area contributed by atoms with Gasteiger partial charge in [-0.1, -0.05) is 48.5 Å². The molecule has 2 amide bonds. The summed E-state index contributed by atoms with van der Waals surface area (Å²) in [6, 6.07) is 21.8. The van der Waals surface area contributed by atoms with Gasteiger partial charge in [0.15, 0.2) is 5.82 Å². The molecule has 0 spiro atoms. The molecule has 0 fully saturated rings. The first-order chi connectivity index (χ1) is 23.4. The van der Waals surface area contributed by atoms with E-state index in [2.05, 4.69) is 31.8 Å². The number of fused-ring (bicyclic) bond motifs is 2. The quantitative estimate of drug-likeness (QED) is 0.120. The molecule has 0 saturated carbocycles. The summed E-state index contributed by atoms with van der Waals surface area (Å²) in [6.07, 6.45) is 4.94. The normalized spacial score (nSPS) is 12.7. The number of ether oxygens (including phenoxy) is 1. The number of aromatic nitrogens is 5. The van der Waals surface area contributed by atoms with E-state index < -0.39 is 29.2 Å². The maximum Gasteiger partial charge on any atom is 0.408 e. The summed E-state index contributed by atoms with van der Waals surface area (Å²) in [7, 11) is 0. The number of nitrogens with zero attached hydrogens (tertiary/aromatic N) is 3. The molecule has 0 aliphatic heterocycles. The average Bonchev–Trinajstić information content (AvgIpc) is 3.76. The van der Waals surface area contributed by atoms with Crippen LogP contribution in [0.2, 0.25) is 0 Å². The molecule has 1 atom stereocenters. The molecule has 0 radical (unpaired) electrons. The van der Waals surface area contributed by atoms with Gasteiger partial charge in [-0.2, -0.15) is 0 Å². The monoisotopic (exact) mass is 663 g/mol. The summed E-state index contributed by atoms with van der Waals surface area (Å²) < 4.78 is 21.4. The third kappa shape index (κ3) is 7.83. The van der Waals surface area contributed by atoms with Crippen LogP contribution < -0.4 is 10.6 Å². The van der Waals surface area contributed by atoms with E-state index in [0.717, 1.165) is 44.3 Å². The van der Waals surface area contributed by atoms with Crippen molar-refractivity contribution in [2.45, 2.75) is 77.6 Å². The number of amides is 2. The predicted octanol–water partition coefficient (Wildman–Crippen LogP) is 6.92. The van der Waals surface area contributed by atoms with Crippen LogP contribution in [0.25, 0.3) is 21.8 Å². The van der Waals surface area contributed by atoms with Crippen LogP contribution in [0.3, 0.4) is 0 Å². The third-order valence-corrected chi connectivity index (χ3v) is 8.50. The predicted molar refractivity (Wildman–Crippen MR) is 188 cm³/mol. The molecule has 0 aliphatic carbocycles. The molecule has 6 rings (SSSR count). The number of carbonyl (C=O) groups is 2. The maximum atomic E-state index is 14.0. The molecular formula is C38H42FN7O3. The third-order valence-electron chi connectivity index (χ3n) is 8.50. The van der Waals surface area contributed by atoms with Crippen molar-refractivity contribution in [1.82, 2.24) is 35.4 Å². The summed E-state index contributed by atoms with van der Waals surface area (Å²) in [4.78, 5) is 33.3.